The molecule has 2 aliphatic rings. The van der Waals surface area contributed by atoms with E-state index in [-0.39, 0.29) is 38.5 Å². The van der Waals surface area contributed by atoms with Crippen LogP contribution in [0.2, 0.25) is 0 Å². The summed E-state index contributed by atoms with van der Waals surface area (Å²) in [5.74, 6) is -4.00. The van der Waals surface area contributed by atoms with E-state index in [2.05, 4.69) is 42.5 Å². The molecule has 0 saturated carbocycles. The average Bonchev–Trinajstić information content (AvgIpc) is 3.64. The van der Waals surface area contributed by atoms with Gasteiger partial charge in [0.15, 0.2) is 0 Å². The molecule has 4 atom stereocenters. The number of amides is 5. The third-order valence-corrected chi connectivity index (χ3v) is 9.85. The van der Waals surface area contributed by atoms with Crippen molar-refractivity contribution >= 4 is 68.5 Å². The molecule has 0 unspecified atom stereocenters. The summed E-state index contributed by atoms with van der Waals surface area (Å²) in [6.07, 6.45) is -0.424. The first-order chi connectivity index (χ1) is 25.0. The Balaban J connectivity index is 1.47. The Kier molecular flexibility index (Phi) is 13.3. The minimum absolute atomic E-state index is 0.0637. The molecular formula is C38H38BrN5O7S. The van der Waals surface area contributed by atoms with Crippen LogP contribution in [-0.4, -0.2) is 58.7 Å². The Bertz CT molecular complexity index is 1870. The fourth-order valence-electron chi connectivity index (χ4n) is 5.71. The molecule has 3 aromatic carbocycles. The Morgan fingerprint density at radius 3 is 2.02 bits per heavy atom. The zero-order chi connectivity index (χ0) is 37.0. The van der Waals surface area contributed by atoms with E-state index in [1.54, 1.807) is 72.8 Å². The molecule has 0 fully saturated rings. The van der Waals surface area contributed by atoms with Gasteiger partial charge in [0.1, 0.15) is 18.1 Å². The summed E-state index contributed by atoms with van der Waals surface area (Å²) in [4.78, 5) is 80.4. The molecule has 0 spiro atoms. The minimum Gasteiger partial charge on any atom is -0.480 e. The summed E-state index contributed by atoms with van der Waals surface area (Å²) in [7, 11) is 0. The first-order valence-electron chi connectivity index (χ1n) is 16.6. The van der Waals surface area contributed by atoms with Crippen LogP contribution in [0.1, 0.15) is 46.9 Å². The Morgan fingerprint density at radius 2 is 1.35 bits per heavy atom. The molecule has 1 aromatic heterocycles. The number of fused-ring (bicyclic) bond motifs is 19. The summed E-state index contributed by atoms with van der Waals surface area (Å²) in [6.45, 7) is 0. The lowest BCUT2D eigenvalue weighted by atomic mass is 10.00. The molecule has 4 aromatic rings. The van der Waals surface area contributed by atoms with Crippen molar-refractivity contribution < 1.29 is 33.9 Å². The number of carboxylic acid groups (broad SMARTS) is 1. The number of carboxylic acids is 1. The van der Waals surface area contributed by atoms with E-state index < -0.39 is 59.7 Å². The third kappa shape index (κ3) is 11.3. The SMILES string of the molecule is O=C1CCC(=O)N[C@H](Cc2cccs2)C(=O)N[C@H](c2ccc(Br)cc2)CC(=O)N[C@H](Cc2ccccc2)C(=O)N[C@H](C(=O)O)Cc2ccc(cc2)N1. The molecule has 2 aliphatic heterocycles. The predicted octanol–water partition coefficient (Wildman–Crippen LogP) is 4.06. The summed E-state index contributed by atoms with van der Waals surface area (Å²) in [5, 5.41) is 25.7. The Labute approximate surface area is 312 Å². The van der Waals surface area contributed by atoms with Crippen LogP contribution in [0.4, 0.5) is 5.69 Å². The van der Waals surface area contributed by atoms with Crippen LogP contribution in [0.3, 0.4) is 0 Å². The third-order valence-electron chi connectivity index (χ3n) is 8.42. The molecule has 14 heteroatoms. The number of carbonyl (C=O) groups is 6. The monoisotopic (exact) mass is 787 g/mol. The molecule has 2 bridgehead atoms. The molecule has 0 saturated heterocycles. The van der Waals surface area contributed by atoms with Crippen LogP contribution >= 0.6 is 27.3 Å². The van der Waals surface area contributed by atoms with Gasteiger partial charge in [-0.2, -0.15) is 0 Å². The normalized spacial score (nSPS) is 21.0. The second-order valence-electron chi connectivity index (χ2n) is 12.4. The largest absolute Gasteiger partial charge is 0.480 e. The van der Waals surface area contributed by atoms with Gasteiger partial charge in [-0.3, -0.25) is 24.0 Å². The Hall–Kier alpha value is -5.34. The van der Waals surface area contributed by atoms with Crippen LogP contribution in [0.15, 0.2) is 101 Å². The van der Waals surface area contributed by atoms with Gasteiger partial charge in [0, 0.05) is 47.1 Å². The highest BCUT2D eigenvalue weighted by Gasteiger charge is 2.30. The van der Waals surface area contributed by atoms with Gasteiger partial charge in [0.05, 0.1) is 12.5 Å². The molecule has 12 nitrogen and oxygen atoms in total. The summed E-state index contributed by atoms with van der Waals surface area (Å²) in [5.41, 5.74) is 2.35. The summed E-state index contributed by atoms with van der Waals surface area (Å²) < 4.78 is 0.778. The maximum Gasteiger partial charge on any atom is 0.326 e. The molecule has 0 aliphatic carbocycles. The molecule has 52 heavy (non-hydrogen) atoms. The number of nitrogens with one attached hydrogen (secondary N) is 5. The predicted molar refractivity (Wildman–Crippen MR) is 199 cm³/mol. The van der Waals surface area contributed by atoms with Gasteiger partial charge in [-0.1, -0.05) is 76.6 Å². The van der Waals surface area contributed by atoms with Crippen molar-refractivity contribution in [3.8, 4) is 0 Å². The number of anilines is 1. The number of rotatable bonds is 6. The van der Waals surface area contributed by atoms with Crippen LogP contribution in [0.25, 0.3) is 0 Å². The number of hydrogen-bond donors (Lipinski definition) is 6. The fourth-order valence-corrected chi connectivity index (χ4v) is 6.72. The van der Waals surface area contributed by atoms with Gasteiger partial charge < -0.3 is 31.7 Å². The molecule has 6 N–H and O–H groups in total. The van der Waals surface area contributed by atoms with Gasteiger partial charge in [0.2, 0.25) is 29.5 Å². The van der Waals surface area contributed by atoms with Gasteiger partial charge in [-0.05, 0) is 52.4 Å². The number of halogens is 1. The van der Waals surface area contributed by atoms with Crippen molar-refractivity contribution in [1.29, 1.82) is 0 Å². The minimum atomic E-state index is -1.32. The standard InChI is InChI=1S/C38H38BrN5O7S/c39-26-12-10-25(11-13-26)29-22-35(47)42-30(19-23-5-2-1-3-6-23)36(48)44-32(38(50)51)20-24-8-14-27(15-9-24)40-33(45)16-17-34(46)41-31(37(49)43-29)21-28-7-4-18-52-28/h1-15,18,29-32H,16-17,19-22H2,(H,40,45)(H,41,46)(H,42,47)(H,43,49)(H,44,48)(H,50,51)/t29-,30+,31+,32-/m0/s1. The zero-order valence-corrected chi connectivity index (χ0v) is 30.4. The zero-order valence-electron chi connectivity index (χ0n) is 28.0. The molecule has 270 valence electrons. The van der Waals surface area contributed by atoms with Crippen molar-refractivity contribution in [2.45, 2.75) is 62.7 Å². The lowest BCUT2D eigenvalue weighted by Crippen LogP contribution is -2.53. The van der Waals surface area contributed by atoms with Gasteiger partial charge >= 0.3 is 5.97 Å². The smallest absolute Gasteiger partial charge is 0.326 e. The van der Waals surface area contributed by atoms with E-state index in [1.807, 2.05) is 23.6 Å². The second kappa shape index (κ2) is 18.2. The van der Waals surface area contributed by atoms with Crippen LogP contribution in [-0.2, 0) is 48.0 Å². The molecule has 0 radical (unpaired) electrons. The number of hydrogen-bond acceptors (Lipinski definition) is 7. The lowest BCUT2D eigenvalue weighted by Gasteiger charge is -2.25. The van der Waals surface area contributed by atoms with Gasteiger partial charge in [-0.25, -0.2) is 4.79 Å². The van der Waals surface area contributed by atoms with E-state index in [1.165, 1.54) is 11.3 Å². The van der Waals surface area contributed by atoms with E-state index in [9.17, 15) is 33.9 Å². The van der Waals surface area contributed by atoms with Crippen molar-refractivity contribution in [3.05, 3.63) is 122 Å². The highest BCUT2D eigenvalue weighted by Crippen LogP contribution is 2.22. The number of benzene rings is 3. The van der Waals surface area contributed by atoms with Crippen molar-refractivity contribution in [2.75, 3.05) is 5.32 Å². The average molecular weight is 789 g/mol. The molecular weight excluding hydrogens is 750 g/mol. The second-order valence-corrected chi connectivity index (χ2v) is 14.3. The first kappa shape index (κ1) is 37.9. The van der Waals surface area contributed by atoms with Gasteiger partial charge in [-0.15, -0.1) is 11.3 Å². The lowest BCUT2D eigenvalue weighted by molar-refractivity contribution is -0.142. The van der Waals surface area contributed by atoms with Crippen molar-refractivity contribution in [3.63, 3.8) is 0 Å². The fraction of sp³-hybridized carbons (Fsp3) is 0.263. The van der Waals surface area contributed by atoms with Crippen LogP contribution in [0.5, 0.6) is 0 Å². The summed E-state index contributed by atoms with van der Waals surface area (Å²) in [6, 6.07) is 21.8. The number of carbonyl (C=O) groups excluding carboxylic acids is 5. The van der Waals surface area contributed by atoms with E-state index in [0.29, 0.717) is 16.8 Å². The number of thiophene rings is 1. The van der Waals surface area contributed by atoms with E-state index >= 15 is 0 Å². The molecule has 5 amide bonds. The topological polar surface area (TPSA) is 183 Å². The van der Waals surface area contributed by atoms with Gasteiger partial charge in [0.25, 0.3) is 0 Å². The highest BCUT2D eigenvalue weighted by atomic mass is 79.9. The van der Waals surface area contributed by atoms with Crippen LogP contribution in [0, 0.1) is 0 Å². The van der Waals surface area contributed by atoms with Crippen LogP contribution < -0.4 is 26.6 Å². The number of aliphatic carboxylic acids is 1. The van der Waals surface area contributed by atoms with Crippen molar-refractivity contribution in [1.82, 2.24) is 21.3 Å². The highest BCUT2D eigenvalue weighted by molar-refractivity contribution is 9.10. The summed E-state index contributed by atoms with van der Waals surface area (Å²) >= 11 is 4.84. The van der Waals surface area contributed by atoms with E-state index in [0.717, 1.165) is 14.9 Å². The quantitative estimate of drug-likeness (QED) is 0.170. The molecule has 6 rings (SSSR count). The van der Waals surface area contributed by atoms with E-state index in [4.69, 9.17) is 0 Å². The maximum absolute atomic E-state index is 13.9. The Morgan fingerprint density at radius 1 is 0.692 bits per heavy atom. The maximum atomic E-state index is 13.9. The molecule has 3 heterocycles. The first-order valence-corrected chi connectivity index (χ1v) is 18.3. The van der Waals surface area contributed by atoms with Crippen molar-refractivity contribution in [2.24, 2.45) is 0 Å².